The van der Waals surface area contributed by atoms with E-state index in [0.29, 0.717) is 6.04 Å². The van der Waals surface area contributed by atoms with E-state index in [1.165, 1.54) is 12.8 Å². The first-order valence-electron chi connectivity index (χ1n) is 10.2. The van der Waals surface area contributed by atoms with Gasteiger partial charge >= 0.3 is 0 Å². The molecule has 140 valence electrons. The SMILES string of the molecule is O=C(NC1CC1)c1ccccc1N1CCC(NC(=O)C2CCCC2)CC1. The van der Waals surface area contributed by atoms with Crippen molar-refractivity contribution in [3.8, 4) is 0 Å². The van der Waals surface area contributed by atoms with Gasteiger partial charge in [0.25, 0.3) is 5.91 Å². The molecule has 3 aliphatic rings. The molecule has 2 N–H and O–H groups in total. The summed E-state index contributed by atoms with van der Waals surface area (Å²) in [5.41, 5.74) is 1.79. The standard InChI is InChI=1S/C21H29N3O2/c25-20(15-5-1-2-6-15)22-17-11-13-24(14-12-17)19-8-4-3-7-18(19)21(26)23-16-9-10-16/h3-4,7-8,15-17H,1-2,5-6,9-14H2,(H,22,25)(H,23,26). The predicted octanol–water partition coefficient (Wildman–Crippen LogP) is 2.85. The molecular formula is C21H29N3O2. The number of anilines is 1. The van der Waals surface area contributed by atoms with Crippen molar-refractivity contribution in [2.75, 3.05) is 18.0 Å². The second kappa shape index (κ2) is 7.68. The molecule has 4 rings (SSSR count). The van der Waals surface area contributed by atoms with E-state index in [9.17, 15) is 9.59 Å². The van der Waals surface area contributed by atoms with Crippen molar-refractivity contribution in [2.45, 2.75) is 63.5 Å². The van der Waals surface area contributed by atoms with Gasteiger partial charge in [0.15, 0.2) is 0 Å². The highest BCUT2D eigenvalue weighted by Crippen LogP contribution is 2.28. The van der Waals surface area contributed by atoms with Crippen LogP contribution in [0.5, 0.6) is 0 Å². The highest BCUT2D eigenvalue weighted by molar-refractivity contribution is 6.00. The molecule has 0 bridgehead atoms. The monoisotopic (exact) mass is 355 g/mol. The van der Waals surface area contributed by atoms with E-state index < -0.39 is 0 Å². The van der Waals surface area contributed by atoms with Gasteiger partial charge in [-0.05, 0) is 50.7 Å². The van der Waals surface area contributed by atoms with Crippen LogP contribution in [0, 0.1) is 5.92 Å². The van der Waals surface area contributed by atoms with E-state index in [1.54, 1.807) is 0 Å². The Labute approximate surface area is 155 Å². The summed E-state index contributed by atoms with van der Waals surface area (Å²) in [5.74, 6) is 0.532. The molecule has 1 aromatic carbocycles. The summed E-state index contributed by atoms with van der Waals surface area (Å²) in [7, 11) is 0. The fourth-order valence-corrected chi connectivity index (χ4v) is 4.20. The van der Waals surface area contributed by atoms with Crippen LogP contribution in [0.15, 0.2) is 24.3 Å². The number of nitrogens with zero attached hydrogens (tertiary/aromatic N) is 1. The van der Waals surface area contributed by atoms with Gasteiger partial charge in [-0.3, -0.25) is 9.59 Å². The first kappa shape index (κ1) is 17.4. The minimum Gasteiger partial charge on any atom is -0.371 e. The molecule has 1 saturated heterocycles. The second-order valence-electron chi connectivity index (χ2n) is 8.02. The lowest BCUT2D eigenvalue weighted by atomic mass is 10.0. The minimum absolute atomic E-state index is 0.0414. The molecule has 0 aromatic heterocycles. The number of para-hydroxylation sites is 1. The number of benzene rings is 1. The summed E-state index contributed by atoms with van der Waals surface area (Å²) in [5, 5.41) is 6.35. The van der Waals surface area contributed by atoms with E-state index in [2.05, 4.69) is 15.5 Å². The first-order chi connectivity index (χ1) is 12.7. The first-order valence-corrected chi connectivity index (χ1v) is 10.2. The maximum absolute atomic E-state index is 12.5. The molecule has 3 fully saturated rings. The molecule has 0 spiro atoms. The number of rotatable bonds is 5. The Kier molecular flexibility index (Phi) is 5.14. The van der Waals surface area contributed by atoms with Gasteiger partial charge in [0, 0.05) is 36.8 Å². The molecule has 1 aliphatic heterocycles. The average Bonchev–Trinajstić information content (AvgIpc) is 3.30. The molecule has 5 nitrogen and oxygen atoms in total. The number of carbonyl (C=O) groups is 2. The van der Waals surface area contributed by atoms with E-state index >= 15 is 0 Å². The smallest absolute Gasteiger partial charge is 0.253 e. The zero-order valence-electron chi connectivity index (χ0n) is 15.4. The molecule has 0 atom stereocenters. The Morgan fingerprint density at radius 1 is 0.846 bits per heavy atom. The molecular weight excluding hydrogens is 326 g/mol. The van der Waals surface area contributed by atoms with E-state index in [4.69, 9.17) is 0 Å². The summed E-state index contributed by atoms with van der Waals surface area (Å²) in [6.07, 6.45) is 8.56. The van der Waals surface area contributed by atoms with Gasteiger partial charge in [0.05, 0.1) is 5.56 Å². The quantitative estimate of drug-likeness (QED) is 0.854. The molecule has 0 unspecified atom stereocenters. The van der Waals surface area contributed by atoms with Crippen molar-refractivity contribution < 1.29 is 9.59 Å². The Bertz CT molecular complexity index is 657. The molecule has 1 heterocycles. The van der Waals surface area contributed by atoms with Crippen LogP contribution in [-0.4, -0.2) is 37.0 Å². The molecule has 1 aromatic rings. The number of hydrogen-bond acceptors (Lipinski definition) is 3. The Morgan fingerprint density at radius 2 is 1.50 bits per heavy atom. The third-order valence-electron chi connectivity index (χ3n) is 5.97. The maximum atomic E-state index is 12.5. The summed E-state index contributed by atoms with van der Waals surface area (Å²) in [6.45, 7) is 1.76. The number of carbonyl (C=O) groups excluding carboxylic acids is 2. The molecule has 0 radical (unpaired) electrons. The van der Waals surface area contributed by atoms with Crippen LogP contribution in [-0.2, 0) is 4.79 Å². The lowest BCUT2D eigenvalue weighted by Crippen LogP contribution is -2.46. The Balaban J connectivity index is 1.34. The van der Waals surface area contributed by atoms with Crippen LogP contribution >= 0.6 is 0 Å². The third kappa shape index (κ3) is 4.02. The number of amides is 2. The third-order valence-corrected chi connectivity index (χ3v) is 5.97. The van der Waals surface area contributed by atoms with Crippen LogP contribution in [0.2, 0.25) is 0 Å². The molecule has 2 aliphatic carbocycles. The summed E-state index contributed by atoms with van der Waals surface area (Å²) in [6, 6.07) is 8.52. The van der Waals surface area contributed by atoms with Gasteiger partial charge in [-0.15, -0.1) is 0 Å². The van der Waals surface area contributed by atoms with Gasteiger partial charge in [-0.1, -0.05) is 25.0 Å². The molecule has 2 amide bonds. The maximum Gasteiger partial charge on any atom is 0.253 e. The zero-order valence-corrected chi connectivity index (χ0v) is 15.4. The van der Waals surface area contributed by atoms with Gasteiger partial charge in [-0.25, -0.2) is 0 Å². The second-order valence-corrected chi connectivity index (χ2v) is 8.02. The van der Waals surface area contributed by atoms with Crippen molar-refractivity contribution in [3.05, 3.63) is 29.8 Å². The van der Waals surface area contributed by atoms with Crippen LogP contribution < -0.4 is 15.5 Å². The number of hydrogen-bond donors (Lipinski definition) is 2. The number of piperidine rings is 1. The van der Waals surface area contributed by atoms with Crippen molar-refractivity contribution in [1.29, 1.82) is 0 Å². The highest BCUT2D eigenvalue weighted by Gasteiger charge is 2.29. The Hall–Kier alpha value is -2.04. The average molecular weight is 355 g/mol. The summed E-state index contributed by atoms with van der Waals surface area (Å²) < 4.78 is 0. The minimum atomic E-state index is 0.0414. The lowest BCUT2D eigenvalue weighted by molar-refractivity contribution is -0.125. The molecule has 2 saturated carbocycles. The van der Waals surface area contributed by atoms with Gasteiger partial charge in [0.2, 0.25) is 5.91 Å². The van der Waals surface area contributed by atoms with Crippen molar-refractivity contribution in [2.24, 2.45) is 5.92 Å². The van der Waals surface area contributed by atoms with Crippen molar-refractivity contribution in [3.63, 3.8) is 0 Å². The van der Waals surface area contributed by atoms with Crippen LogP contribution in [0.1, 0.15) is 61.7 Å². The highest BCUT2D eigenvalue weighted by atomic mass is 16.2. The summed E-state index contributed by atoms with van der Waals surface area (Å²) in [4.78, 5) is 27.2. The predicted molar refractivity (Wildman–Crippen MR) is 102 cm³/mol. The van der Waals surface area contributed by atoms with Crippen molar-refractivity contribution in [1.82, 2.24) is 10.6 Å². The topological polar surface area (TPSA) is 61.4 Å². The fourth-order valence-electron chi connectivity index (χ4n) is 4.20. The fraction of sp³-hybridized carbons (Fsp3) is 0.619. The van der Waals surface area contributed by atoms with Crippen LogP contribution in [0.3, 0.4) is 0 Å². The zero-order chi connectivity index (χ0) is 17.9. The summed E-state index contributed by atoms with van der Waals surface area (Å²) >= 11 is 0. The van der Waals surface area contributed by atoms with Gasteiger partial charge in [-0.2, -0.15) is 0 Å². The molecule has 5 heteroatoms. The van der Waals surface area contributed by atoms with E-state index in [1.807, 2.05) is 24.3 Å². The largest absolute Gasteiger partial charge is 0.371 e. The van der Waals surface area contributed by atoms with E-state index in [-0.39, 0.29) is 23.8 Å². The van der Waals surface area contributed by atoms with Gasteiger partial charge in [0.1, 0.15) is 0 Å². The van der Waals surface area contributed by atoms with Crippen LogP contribution in [0.4, 0.5) is 5.69 Å². The van der Waals surface area contributed by atoms with Crippen molar-refractivity contribution >= 4 is 17.5 Å². The van der Waals surface area contributed by atoms with Gasteiger partial charge < -0.3 is 15.5 Å². The van der Waals surface area contributed by atoms with E-state index in [0.717, 1.165) is 62.9 Å². The lowest BCUT2D eigenvalue weighted by Gasteiger charge is -2.35. The Morgan fingerprint density at radius 3 is 2.19 bits per heavy atom. The molecule has 26 heavy (non-hydrogen) atoms. The van der Waals surface area contributed by atoms with Crippen LogP contribution in [0.25, 0.3) is 0 Å². The number of nitrogens with one attached hydrogen (secondary N) is 2. The normalized spacial score (nSPS) is 21.6.